The van der Waals surface area contributed by atoms with E-state index in [1.807, 2.05) is 30.3 Å². The predicted molar refractivity (Wildman–Crippen MR) is 99.9 cm³/mol. The highest BCUT2D eigenvalue weighted by Gasteiger charge is 2.21. The number of anilines is 2. The van der Waals surface area contributed by atoms with Gasteiger partial charge in [0.1, 0.15) is 0 Å². The number of hydrogen-bond acceptors (Lipinski definition) is 4. The number of carbonyl (C=O) groups excluding carboxylic acids is 1. The molecule has 5 heteroatoms. The van der Waals surface area contributed by atoms with Crippen molar-refractivity contribution in [2.75, 3.05) is 29.9 Å². The Morgan fingerprint density at radius 2 is 2.00 bits per heavy atom. The molecule has 1 aliphatic rings. The number of aryl methyl sites for hydroxylation is 1. The molecule has 0 unspecified atom stereocenters. The lowest BCUT2D eigenvalue weighted by Gasteiger charge is -2.34. The van der Waals surface area contributed by atoms with Crippen LogP contribution >= 0.6 is 11.3 Å². The largest absolute Gasteiger partial charge is 0.396 e. The minimum absolute atomic E-state index is 0.0227. The van der Waals surface area contributed by atoms with Gasteiger partial charge in [0.15, 0.2) is 0 Å². The van der Waals surface area contributed by atoms with E-state index in [0.29, 0.717) is 12.3 Å². The van der Waals surface area contributed by atoms with E-state index in [4.69, 9.17) is 0 Å². The lowest BCUT2D eigenvalue weighted by Crippen LogP contribution is -2.35. The van der Waals surface area contributed by atoms with Gasteiger partial charge in [-0.15, -0.1) is 11.3 Å². The Morgan fingerprint density at radius 1 is 1.25 bits per heavy atom. The van der Waals surface area contributed by atoms with Gasteiger partial charge in [0.05, 0.1) is 17.8 Å². The van der Waals surface area contributed by atoms with Crippen LogP contribution in [0.4, 0.5) is 11.4 Å². The highest BCUT2D eigenvalue weighted by Crippen LogP contribution is 2.30. The molecule has 0 atom stereocenters. The number of nitrogens with zero attached hydrogens (tertiary/aromatic N) is 1. The van der Waals surface area contributed by atoms with Gasteiger partial charge in [-0.2, -0.15) is 0 Å². The van der Waals surface area contributed by atoms with Gasteiger partial charge in [-0.3, -0.25) is 4.79 Å². The number of hydrogen-bond donors (Lipinski definition) is 2. The molecule has 1 aromatic heterocycles. The molecule has 128 valence electrons. The van der Waals surface area contributed by atoms with E-state index >= 15 is 0 Å². The van der Waals surface area contributed by atoms with Gasteiger partial charge in [-0.1, -0.05) is 12.1 Å². The monoisotopic (exact) mass is 344 g/mol. The standard InChI is InChI=1S/C19H24N2O2S/c1-14-6-7-16(24-14)12-19(23)20-17-4-2-3-5-18(17)21-10-8-15(13-22)9-11-21/h2-7,15,22H,8-13H2,1H3,(H,20,23). The van der Waals surface area contributed by atoms with Crippen LogP contribution in [0.1, 0.15) is 22.6 Å². The molecule has 1 saturated heterocycles. The van der Waals surface area contributed by atoms with Crippen LogP contribution in [0.2, 0.25) is 0 Å². The van der Waals surface area contributed by atoms with Crippen molar-refractivity contribution in [1.29, 1.82) is 0 Å². The Labute approximate surface area is 147 Å². The van der Waals surface area contributed by atoms with Gasteiger partial charge in [0.25, 0.3) is 0 Å². The number of aliphatic hydroxyl groups excluding tert-OH is 1. The van der Waals surface area contributed by atoms with E-state index in [1.54, 1.807) is 11.3 Å². The van der Waals surface area contributed by atoms with Crippen LogP contribution in [0.3, 0.4) is 0 Å². The molecule has 4 nitrogen and oxygen atoms in total. The first-order valence-electron chi connectivity index (χ1n) is 8.45. The van der Waals surface area contributed by atoms with Crippen molar-refractivity contribution >= 4 is 28.6 Å². The number of carbonyl (C=O) groups is 1. The number of nitrogens with one attached hydrogen (secondary N) is 1. The summed E-state index contributed by atoms with van der Waals surface area (Å²) in [5.74, 6) is 0.430. The first kappa shape index (κ1) is 17.0. The zero-order chi connectivity index (χ0) is 16.9. The SMILES string of the molecule is Cc1ccc(CC(=O)Nc2ccccc2N2CCC(CO)CC2)s1. The van der Waals surface area contributed by atoms with Crippen molar-refractivity contribution in [3.63, 3.8) is 0 Å². The fourth-order valence-electron chi connectivity index (χ4n) is 3.14. The summed E-state index contributed by atoms with van der Waals surface area (Å²) in [6.45, 7) is 4.16. The molecule has 1 aromatic carbocycles. The van der Waals surface area contributed by atoms with Crippen LogP contribution in [0.25, 0.3) is 0 Å². The summed E-state index contributed by atoms with van der Waals surface area (Å²) in [5, 5.41) is 12.4. The number of para-hydroxylation sites is 2. The predicted octanol–water partition coefficient (Wildman–Crippen LogP) is 3.45. The Kier molecular flexibility index (Phi) is 5.53. The zero-order valence-corrected chi connectivity index (χ0v) is 14.8. The molecule has 1 amide bonds. The third-order valence-corrected chi connectivity index (χ3v) is 5.52. The van der Waals surface area contributed by atoms with Gasteiger partial charge < -0.3 is 15.3 Å². The lowest BCUT2D eigenvalue weighted by atomic mass is 9.97. The van der Waals surface area contributed by atoms with Gasteiger partial charge in [0.2, 0.25) is 5.91 Å². The normalized spacial score (nSPS) is 15.5. The molecule has 1 aliphatic heterocycles. The summed E-state index contributed by atoms with van der Waals surface area (Å²) in [5.41, 5.74) is 1.95. The number of piperidine rings is 1. The minimum Gasteiger partial charge on any atom is -0.396 e. The number of amides is 1. The third kappa shape index (κ3) is 4.16. The molecule has 0 aliphatic carbocycles. The van der Waals surface area contributed by atoms with Crippen LogP contribution in [0.5, 0.6) is 0 Å². The molecular weight excluding hydrogens is 320 g/mol. The van der Waals surface area contributed by atoms with Crippen molar-refractivity contribution in [3.05, 3.63) is 46.2 Å². The van der Waals surface area contributed by atoms with E-state index in [1.165, 1.54) is 4.88 Å². The summed E-state index contributed by atoms with van der Waals surface area (Å²) >= 11 is 1.67. The second-order valence-electron chi connectivity index (χ2n) is 6.37. The number of rotatable bonds is 5. The Hall–Kier alpha value is -1.85. The van der Waals surface area contributed by atoms with Crippen LogP contribution in [-0.2, 0) is 11.2 Å². The maximum absolute atomic E-state index is 12.4. The van der Waals surface area contributed by atoms with E-state index in [2.05, 4.69) is 23.2 Å². The molecule has 0 saturated carbocycles. The van der Waals surface area contributed by atoms with E-state index in [9.17, 15) is 9.90 Å². The van der Waals surface area contributed by atoms with E-state index < -0.39 is 0 Å². The third-order valence-electron chi connectivity index (χ3n) is 4.52. The average molecular weight is 344 g/mol. The smallest absolute Gasteiger partial charge is 0.229 e. The van der Waals surface area contributed by atoms with E-state index in [0.717, 1.165) is 42.2 Å². The summed E-state index contributed by atoms with van der Waals surface area (Å²) in [7, 11) is 0. The van der Waals surface area contributed by atoms with Crippen LogP contribution < -0.4 is 10.2 Å². The number of thiophene rings is 1. The Balaban J connectivity index is 1.66. The molecule has 24 heavy (non-hydrogen) atoms. The molecule has 0 spiro atoms. The first-order chi connectivity index (χ1) is 11.7. The highest BCUT2D eigenvalue weighted by atomic mass is 32.1. The summed E-state index contributed by atoms with van der Waals surface area (Å²) in [6.07, 6.45) is 2.40. The van der Waals surface area contributed by atoms with Crippen molar-refractivity contribution < 1.29 is 9.90 Å². The van der Waals surface area contributed by atoms with Crippen molar-refractivity contribution in [3.8, 4) is 0 Å². The molecule has 2 N–H and O–H groups in total. The maximum Gasteiger partial charge on any atom is 0.229 e. The summed E-state index contributed by atoms with van der Waals surface area (Å²) in [4.78, 5) is 17.0. The number of benzene rings is 1. The topological polar surface area (TPSA) is 52.6 Å². The molecule has 2 aromatic rings. The average Bonchev–Trinajstić information content (AvgIpc) is 3.00. The summed E-state index contributed by atoms with van der Waals surface area (Å²) < 4.78 is 0. The van der Waals surface area contributed by atoms with Crippen LogP contribution in [0.15, 0.2) is 36.4 Å². The zero-order valence-electron chi connectivity index (χ0n) is 14.0. The van der Waals surface area contributed by atoms with Crippen LogP contribution in [-0.4, -0.2) is 30.7 Å². The molecule has 1 fully saturated rings. The molecule has 0 radical (unpaired) electrons. The number of aliphatic hydroxyl groups is 1. The minimum atomic E-state index is 0.0227. The molecule has 2 heterocycles. The van der Waals surface area contributed by atoms with Gasteiger partial charge in [0, 0.05) is 29.5 Å². The first-order valence-corrected chi connectivity index (χ1v) is 9.27. The summed E-state index contributed by atoms with van der Waals surface area (Å²) in [6, 6.07) is 12.0. The molecular formula is C19H24N2O2S. The van der Waals surface area contributed by atoms with Gasteiger partial charge >= 0.3 is 0 Å². The molecule has 0 bridgehead atoms. The fourth-order valence-corrected chi connectivity index (χ4v) is 4.03. The molecule has 3 rings (SSSR count). The second-order valence-corrected chi connectivity index (χ2v) is 7.74. The maximum atomic E-state index is 12.4. The quantitative estimate of drug-likeness (QED) is 0.873. The van der Waals surface area contributed by atoms with Crippen molar-refractivity contribution in [2.24, 2.45) is 5.92 Å². The van der Waals surface area contributed by atoms with Crippen molar-refractivity contribution in [2.45, 2.75) is 26.2 Å². The van der Waals surface area contributed by atoms with E-state index in [-0.39, 0.29) is 12.5 Å². The fraction of sp³-hybridized carbons (Fsp3) is 0.421. The highest BCUT2D eigenvalue weighted by molar-refractivity contribution is 7.12. The lowest BCUT2D eigenvalue weighted by molar-refractivity contribution is -0.115. The Morgan fingerprint density at radius 3 is 2.67 bits per heavy atom. The van der Waals surface area contributed by atoms with Gasteiger partial charge in [-0.25, -0.2) is 0 Å². The van der Waals surface area contributed by atoms with Crippen LogP contribution in [0, 0.1) is 12.8 Å². The van der Waals surface area contributed by atoms with Gasteiger partial charge in [-0.05, 0) is 49.9 Å². The van der Waals surface area contributed by atoms with Crippen molar-refractivity contribution in [1.82, 2.24) is 0 Å². The second kappa shape index (κ2) is 7.81. The Bertz CT molecular complexity index is 690.